The number of benzene rings is 3. The Balaban J connectivity index is 1.29. The number of ether oxygens (including phenoxy) is 2. The normalized spacial score (nSPS) is 13.4. The van der Waals surface area contributed by atoms with E-state index in [9.17, 15) is 9.59 Å². The van der Waals surface area contributed by atoms with Gasteiger partial charge in [0.2, 0.25) is 0 Å². The van der Waals surface area contributed by atoms with Crippen LogP contribution in [0.4, 0.5) is 4.79 Å². The molecular weight excluding hydrogens is 555 g/mol. The zero-order chi connectivity index (χ0) is 29.4. The van der Waals surface area contributed by atoms with Crippen LogP contribution in [0.5, 0.6) is 0 Å². The van der Waals surface area contributed by atoms with Crippen molar-refractivity contribution in [2.75, 3.05) is 20.3 Å². The van der Waals surface area contributed by atoms with Gasteiger partial charge in [-0.1, -0.05) is 117 Å². The molecule has 3 aromatic rings. The molecule has 1 amide bonds. The van der Waals surface area contributed by atoms with E-state index in [4.69, 9.17) is 33.9 Å². The van der Waals surface area contributed by atoms with Crippen LogP contribution in [0.15, 0.2) is 78.9 Å². The molecule has 214 valence electrons. The summed E-state index contributed by atoms with van der Waals surface area (Å²) in [7, 11) is 1.35. The quantitative estimate of drug-likeness (QED) is 0.209. The van der Waals surface area contributed by atoms with Gasteiger partial charge in [-0.05, 0) is 33.7 Å². The van der Waals surface area contributed by atoms with Crippen molar-refractivity contribution in [3.63, 3.8) is 0 Å². The van der Waals surface area contributed by atoms with Gasteiger partial charge < -0.3 is 25.4 Å². The minimum Gasteiger partial charge on any atom is -0.467 e. The highest BCUT2D eigenvalue weighted by Gasteiger charge is 2.29. The van der Waals surface area contributed by atoms with Gasteiger partial charge in [-0.15, -0.1) is 0 Å². The van der Waals surface area contributed by atoms with Crippen LogP contribution in [0.2, 0.25) is 0 Å². The van der Waals surface area contributed by atoms with E-state index in [1.165, 1.54) is 18.2 Å². The third kappa shape index (κ3) is 7.68. The zero-order valence-corrected chi connectivity index (χ0v) is 25.0. The largest absolute Gasteiger partial charge is 0.467 e. The second kappa shape index (κ2) is 14.2. The van der Waals surface area contributed by atoms with Crippen molar-refractivity contribution in [1.29, 1.82) is 0 Å². The molecule has 0 aliphatic heterocycles. The van der Waals surface area contributed by atoms with Gasteiger partial charge in [0.05, 0.1) is 29.7 Å². The molecule has 0 saturated carbocycles. The average molecular weight is 590 g/mol. The summed E-state index contributed by atoms with van der Waals surface area (Å²) in [6.45, 7) is 4.30. The minimum atomic E-state index is -0.648. The van der Waals surface area contributed by atoms with E-state index >= 15 is 0 Å². The lowest BCUT2D eigenvalue weighted by Gasteiger charge is -2.28. The molecule has 0 saturated heterocycles. The number of nitrogens with one attached hydrogen (secondary N) is 3. The van der Waals surface area contributed by atoms with Crippen molar-refractivity contribution < 1.29 is 19.1 Å². The van der Waals surface area contributed by atoms with Crippen LogP contribution in [0.1, 0.15) is 36.5 Å². The molecular formula is C32H35N3O4S2. The first-order valence-electron chi connectivity index (χ1n) is 13.6. The Labute approximate surface area is 252 Å². The highest BCUT2D eigenvalue weighted by Crippen LogP contribution is 2.44. The Kier molecular flexibility index (Phi) is 10.4. The molecule has 0 unspecified atom stereocenters. The number of esters is 1. The number of carbonyl (C=O) groups excluding carboxylic acids is 2. The maximum absolute atomic E-state index is 12.6. The van der Waals surface area contributed by atoms with Crippen molar-refractivity contribution in [2.24, 2.45) is 5.92 Å². The fourth-order valence-corrected chi connectivity index (χ4v) is 5.68. The predicted octanol–water partition coefficient (Wildman–Crippen LogP) is 5.17. The van der Waals surface area contributed by atoms with E-state index in [0.29, 0.717) is 16.4 Å². The molecule has 9 heteroatoms. The fourth-order valence-electron chi connectivity index (χ4n) is 5.01. The summed E-state index contributed by atoms with van der Waals surface area (Å²) < 4.78 is 10.6. The molecule has 0 aromatic heterocycles. The van der Waals surface area contributed by atoms with Gasteiger partial charge in [0.15, 0.2) is 0 Å². The molecule has 0 heterocycles. The van der Waals surface area contributed by atoms with Gasteiger partial charge in [0.25, 0.3) is 0 Å². The van der Waals surface area contributed by atoms with Crippen molar-refractivity contribution in [1.82, 2.24) is 16.0 Å². The summed E-state index contributed by atoms with van der Waals surface area (Å²) >= 11 is 11.2. The SMILES string of the molecule is COC(=O)[C@H](Cc1ccccc1)NC(=S)[C@@H](NC(=S)CNC(=O)OCC1c2ccccc2-c2ccccc21)C(C)C. The van der Waals surface area contributed by atoms with Crippen molar-refractivity contribution in [3.8, 4) is 11.1 Å². The molecule has 2 atom stereocenters. The number of methoxy groups -OCH3 is 1. The topological polar surface area (TPSA) is 88.7 Å². The summed E-state index contributed by atoms with van der Waals surface area (Å²) in [5, 5.41) is 9.12. The first kappa shape index (κ1) is 30.1. The molecule has 41 heavy (non-hydrogen) atoms. The van der Waals surface area contributed by atoms with Crippen LogP contribution in [-0.4, -0.2) is 54.4 Å². The molecule has 7 nitrogen and oxygen atoms in total. The smallest absolute Gasteiger partial charge is 0.407 e. The first-order chi connectivity index (χ1) is 19.8. The minimum absolute atomic E-state index is 0.0226. The molecule has 1 aliphatic rings. The first-order valence-corrected chi connectivity index (χ1v) is 14.4. The average Bonchev–Trinajstić information content (AvgIpc) is 3.30. The number of hydrogen-bond donors (Lipinski definition) is 3. The Hall–Kier alpha value is -3.82. The molecule has 1 aliphatic carbocycles. The number of hydrogen-bond acceptors (Lipinski definition) is 6. The van der Waals surface area contributed by atoms with Gasteiger partial charge in [-0.2, -0.15) is 0 Å². The number of amides is 1. The maximum Gasteiger partial charge on any atom is 0.407 e. The van der Waals surface area contributed by atoms with Gasteiger partial charge in [0, 0.05) is 12.3 Å². The molecule has 0 radical (unpaired) electrons. The second-order valence-electron chi connectivity index (χ2n) is 10.2. The number of carbonyl (C=O) groups is 2. The molecule has 3 N–H and O–H groups in total. The van der Waals surface area contributed by atoms with Gasteiger partial charge >= 0.3 is 12.1 Å². The van der Waals surface area contributed by atoms with Crippen molar-refractivity contribution >= 4 is 46.5 Å². The molecule has 3 aromatic carbocycles. The van der Waals surface area contributed by atoms with E-state index in [-0.39, 0.29) is 31.0 Å². The molecule has 0 spiro atoms. The standard InChI is InChI=1S/C32H35N3O4S2/c1-20(2)29(30(41)34-27(31(36)38-3)17-21-11-5-4-6-12-21)35-28(40)18-33-32(37)39-19-26-24-15-9-7-13-22(24)23-14-8-10-16-25(23)26/h4-16,20,26-27,29H,17-19H2,1-3H3,(H,33,37)(H,34,41)(H,35,40)/t27-,29-/m0/s1. The summed E-state index contributed by atoms with van der Waals surface area (Å²) in [6, 6.07) is 25.0. The van der Waals surface area contributed by atoms with Gasteiger partial charge in [-0.25, -0.2) is 9.59 Å². The lowest BCUT2D eigenvalue weighted by molar-refractivity contribution is -0.142. The lowest BCUT2D eigenvalue weighted by atomic mass is 9.98. The van der Waals surface area contributed by atoms with Crippen molar-refractivity contribution in [2.45, 2.75) is 38.3 Å². The third-order valence-corrected chi connectivity index (χ3v) is 7.72. The van der Waals surface area contributed by atoms with Gasteiger partial charge in [0.1, 0.15) is 12.6 Å². The summed E-state index contributed by atoms with van der Waals surface area (Å²) in [4.78, 5) is 25.9. The van der Waals surface area contributed by atoms with Crippen LogP contribution < -0.4 is 16.0 Å². The second-order valence-corrected chi connectivity index (χ2v) is 11.2. The number of alkyl carbamates (subject to hydrolysis) is 1. The highest BCUT2D eigenvalue weighted by molar-refractivity contribution is 7.80. The van der Waals surface area contributed by atoms with E-state index in [2.05, 4.69) is 40.2 Å². The van der Waals surface area contributed by atoms with Crippen LogP contribution in [0.25, 0.3) is 11.1 Å². The van der Waals surface area contributed by atoms with Crippen LogP contribution in [-0.2, 0) is 20.7 Å². The summed E-state index contributed by atoms with van der Waals surface area (Å²) in [5.74, 6) is -0.374. The Morgan fingerprint density at radius 3 is 2.02 bits per heavy atom. The third-order valence-electron chi connectivity index (χ3n) is 7.09. The molecule has 4 rings (SSSR count). The monoisotopic (exact) mass is 589 g/mol. The van der Waals surface area contributed by atoms with Gasteiger partial charge in [-0.3, -0.25) is 0 Å². The summed E-state index contributed by atoms with van der Waals surface area (Å²) in [6.07, 6.45) is -0.127. The van der Waals surface area contributed by atoms with E-state index in [0.717, 1.165) is 16.7 Å². The Morgan fingerprint density at radius 2 is 1.44 bits per heavy atom. The predicted molar refractivity (Wildman–Crippen MR) is 169 cm³/mol. The number of fused-ring (bicyclic) bond motifs is 3. The van der Waals surface area contributed by atoms with Crippen molar-refractivity contribution in [3.05, 3.63) is 95.6 Å². The van der Waals surface area contributed by atoms with Crippen LogP contribution >= 0.6 is 24.4 Å². The summed E-state index contributed by atoms with van der Waals surface area (Å²) in [5.41, 5.74) is 5.62. The maximum atomic E-state index is 12.6. The Morgan fingerprint density at radius 1 is 0.854 bits per heavy atom. The number of rotatable bonds is 11. The zero-order valence-electron chi connectivity index (χ0n) is 23.4. The Bertz CT molecular complexity index is 1350. The molecule has 0 bridgehead atoms. The van der Waals surface area contributed by atoms with E-state index in [1.54, 1.807) is 0 Å². The van der Waals surface area contributed by atoms with Crippen LogP contribution in [0.3, 0.4) is 0 Å². The highest BCUT2D eigenvalue weighted by atomic mass is 32.1. The fraction of sp³-hybridized carbons (Fsp3) is 0.312. The number of thiocarbonyl (C=S) groups is 2. The van der Waals surface area contributed by atoms with E-state index in [1.807, 2.05) is 68.4 Å². The van der Waals surface area contributed by atoms with E-state index < -0.39 is 18.1 Å². The van der Waals surface area contributed by atoms with Crippen LogP contribution in [0, 0.1) is 5.92 Å². The molecule has 0 fully saturated rings. The lowest BCUT2D eigenvalue weighted by Crippen LogP contribution is -2.54.